The lowest BCUT2D eigenvalue weighted by atomic mass is 10.0. The monoisotopic (exact) mass is 342 g/mol. The van der Waals surface area contributed by atoms with E-state index in [0.717, 1.165) is 23.1 Å². The molecule has 0 heterocycles. The minimum absolute atomic E-state index is 0.0880. The van der Waals surface area contributed by atoms with Gasteiger partial charge in [0.2, 0.25) is 0 Å². The topological polar surface area (TPSA) is 72.8 Å². The summed E-state index contributed by atoms with van der Waals surface area (Å²) < 4.78 is 0. The van der Waals surface area contributed by atoms with Crippen LogP contribution in [0.15, 0.2) is 48.5 Å². The van der Waals surface area contributed by atoms with Crippen molar-refractivity contribution in [3.8, 4) is 5.75 Å². The second-order valence-electron chi connectivity index (χ2n) is 6.07. The van der Waals surface area contributed by atoms with Crippen molar-refractivity contribution in [2.45, 2.75) is 32.9 Å². The molecule has 25 heavy (non-hydrogen) atoms. The zero-order chi connectivity index (χ0) is 18.2. The van der Waals surface area contributed by atoms with Crippen molar-refractivity contribution in [1.29, 1.82) is 0 Å². The number of amides is 2. The second kappa shape index (κ2) is 9.08. The number of hydrogen-bond acceptors (Lipinski definition) is 3. The first-order valence-electron chi connectivity index (χ1n) is 8.54. The Morgan fingerprint density at radius 2 is 1.84 bits per heavy atom. The standard InChI is InChI=1S/C20H26N2O3/c1-3-19(16-8-10-18(24)11-9-16)21-20(25)22(12-13-23)14-17-7-5-4-6-15(17)2/h4-11,19,23-24H,3,12-14H2,1-2H3,(H,21,25). The summed E-state index contributed by atoms with van der Waals surface area (Å²) in [7, 11) is 0. The van der Waals surface area contributed by atoms with Gasteiger partial charge in [-0.25, -0.2) is 4.79 Å². The molecule has 0 aromatic heterocycles. The summed E-state index contributed by atoms with van der Waals surface area (Å²) in [5, 5.41) is 21.8. The summed E-state index contributed by atoms with van der Waals surface area (Å²) >= 11 is 0. The molecule has 0 spiro atoms. The smallest absolute Gasteiger partial charge is 0.318 e. The number of phenolic OH excluding ortho intramolecular Hbond substituents is 1. The van der Waals surface area contributed by atoms with Crippen LogP contribution in [0.25, 0.3) is 0 Å². The van der Waals surface area contributed by atoms with E-state index >= 15 is 0 Å². The van der Waals surface area contributed by atoms with Gasteiger partial charge >= 0.3 is 6.03 Å². The highest BCUT2D eigenvalue weighted by molar-refractivity contribution is 5.74. The van der Waals surface area contributed by atoms with Gasteiger partial charge in [-0.3, -0.25) is 0 Å². The normalized spacial score (nSPS) is 11.8. The number of nitrogens with one attached hydrogen (secondary N) is 1. The molecule has 2 rings (SSSR count). The summed E-state index contributed by atoms with van der Waals surface area (Å²) in [6.07, 6.45) is 0.730. The molecule has 0 aliphatic heterocycles. The molecule has 5 nitrogen and oxygen atoms in total. The maximum absolute atomic E-state index is 12.7. The number of carbonyl (C=O) groups is 1. The Morgan fingerprint density at radius 1 is 1.16 bits per heavy atom. The predicted molar refractivity (Wildman–Crippen MR) is 98.3 cm³/mol. The maximum Gasteiger partial charge on any atom is 0.318 e. The van der Waals surface area contributed by atoms with Gasteiger partial charge in [-0.15, -0.1) is 0 Å². The van der Waals surface area contributed by atoms with Crippen molar-refractivity contribution in [1.82, 2.24) is 10.2 Å². The van der Waals surface area contributed by atoms with Gasteiger partial charge in [-0.1, -0.05) is 43.3 Å². The molecule has 5 heteroatoms. The largest absolute Gasteiger partial charge is 0.508 e. The summed E-state index contributed by atoms with van der Waals surface area (Å²) in [5.74, 6) is 0.200. The van der Waals surface area contributed by atoms with Gasteiger partial charge < -0.3 is 20.4 Å². The van der Waals surface area contributed by atoms with E-state index in [0.29, 0.717) is 6.54 Å². The number of aromatic hydroxyl groups is 1. The van der Waals surface area contributed by atoms with E-state index in [2.05, 4.69) is 5.32 Å². The summed E-state index contributed by atoms with van der Waals surface area (Å²) in [6.45, 7) is 4.64. The van der Waals surface area contributed by atoms with E-state index in [-0.39, 0.29) is 31.0 Å². The maximum atomic E-state index is 12.7. The van der Waals surface area contributed by atoms with Crippen molar-refractivity contribution in [3.05, 3.63) is 65.2 Å². The number of urea groups is 1. The Hall–Kier alpha value is -2.53. The van der Waals surface area contributed by atoms with Crippen LogP contribution in [0.5, 0.6) is 5.75 Å². The molecule has 134 valence electrons. The molecule has 0 saturated carbocycles. The summed E-state index contributed by atoms with van der Waals surface area (Å²) in [4.78, 5) is 14.3. The third-order valence-corrected chi connectivity index (χ3v) is 4.28. The first kappa shape index (κ1) is 18.8. The van der Waals surface area contributed by atoms with Crippen molar-refractivity contribution in [2.24, 2.45) is 0 Å². The van der Waals surface area contributed by atoms with Crippen LogP contribution in [0.1, 0.15) is 36.1 Å². The minimum Gasteiger partial charge on any atom is -0.508 e. The number of aryl methyl sites for hydroxylation is 1. The third kappa shape index (κ3) is 5.22. The highest BCUT2D eigenvalue weighted by Crippen LogP contribution is 2.20. The number of aliphatic hydroxyl groups excluding tert-OH is 1. The fraction of sp³-hybridized carbons (Fsp3) is 0.350. The molecule has 2 amide bonds. The molecule has 0 saturated heterocycles. The van der Waals surface area contributed by atoms with E-state index in [1.807, 2.05) is 50.2 Å². The number of nitrogens with zero attached hydrogens (tertiary/aromatic N) is 1. The number of phenols is 1. The first-order valence-corrected chi connectivity index (χ1v) is 8.54. The van der Waals surface area contributed by atoms with Gasteiger partial charge in [-0.2, -0.15) is 0 Å². The number of carbonyl (C=O) groups excluding carboxylic acids is 1. The number of rotatable bonds is 7. The van der Waals surface area contributed by atoms with Gasteiger partial charge in [0, 0.05) is 13.1 Å². The fourth-order valence-corrected chi connectivity index (χ4v) is 2.73. The lowest BCUT2D eigenvalue weighted by Gasteiger charge is -2.26. The first-order chi connectivity index (χ1) is 12.0. The van der Waals surface area contributed by atoms with E-state index in [9.17, 15) is 15.0 Å². The van der Waals surface area contributed by atoms with Gasteiger partial charge in [0.05, 0.1) is 12.6 Å². The Kier molecular flexibility index (Phi) is 6.83. The Bertz CT molecular complexity index is 686. The predicted octanol–water partition coefficient (Wildman–Crippen LogP) is 3.36. The zero-order valence-electron chi connectivity index (χ0n) is 14.8. The van der Waals surface area contributed by atoms with Crippen LogP contribution in [0.4, 0.5) is 4.79 Å². The molecule has 2 aromatic rings. The molecule has 0 fully saturated rings. The molecule has 1 unspecified atom stereocenters. The van der Waals surface area contributed by atoms with Crippen LogP contribution < -0.4 is 5.32 Å². The third-order valence-electron chi connectivity index (χ3n) is 4.28. The molecular weight excluding hydrogens is 316 g/mol. The van der Waals surface area contributed by atoms with Crippen LogP contribution in [-0.4, -0.2) is 34.3 Å². The van der Waals surface area contributed by atoms with Gasteiger partial charge in [-0.05, 0) is 42.2 Å². The van der Waals surface area contributed by atoms with Crippen molar-refractivity contribution >= 4 is 6.03 Å². The molecule has 3 N–H and O–H groups in total. The van der Waals surface area contributed by atoms with Crippen LogP contribution in [-0.2, 0) is 6.54 Å². The highest BCUT2D eigenvalue weighted by Gasteiger charge is 2.19. The van der Waals surface area contributed by atoms with Crippen molar-refractivity contribution in [2.75, 3.05) is 13.2 Å². The van der Waals surface area contributed by atoms with Crippen LogP contribution in [0, 0.1) is 6.92 Å². The number of hydrogen-bond donors (Lipinski definition) is 3. The molecule has 0 radical (unpaired) electrons. The summed E-state index contributed by atoms with van der Waals surface area (Å²) in [5.41, 5.74) is 3.11. The van der Waals surface area contributed by atoms with E-state index in [1.165, 1.54) is 0 Å². The van der Waals surface area contributed by atoms with Gasteiger partial charge in [0.25, 0.3) is 0 Å². The van der Waals surface area contributed by atoms with Gasteiger partial charge in [0.1, 0.15) is 5.75 Å². The average Bonchev–Trinajstić information content (AvgIpc) is 2.61. The number of benzene rings is 2. The lowest BCUT2D eigenvalue weighted by Crippen LogP contribution is -2.42. The molecule has 0 aliphatic carbocycles. The molecular formula is C20H26N2O3. The van der Waals surface area contributed by atoms with E-state index in [4.69, 9.17) is 0 Å². The van der Waals surface area contributed by atoms with Crippen molar-refractivity contribution in [3.63, 3.8) is 0 Å². The number of aliphatic hydroxyl groups is 1. The van der Waals surface area contributed by atoms with E-state index < -0.39 is 0 Å². The second-order valence-corrected chi connectivity index (χ2v) is 6.07. The quantitative estimate of drug-likeness (QED) is 0.722. The highest BCUT2D eigenvalue weighted by atomic mass is 16.3. The van der Waals surface area contributed by atoms with E-state index in [1.54, 1.807) is 17.0 Å². The SMILES string of the molecule is CCC(NC(=O)N(CCO)Cc1ccccc1C)c1ccc(O)cc1. The average molecular weight is 342 g/mol. The lowest BCUT2D eigenvalue weighted by molar-refractivity contribution is 0.170. The molecule has 0 aliphatic rings. The zero-order valence-corrected chi connectivity index (χ0v) is 14.8. The van der Waals surface area contributed by atoms with Crippen LogP contribution in [0.2, 0.25) is 0 Å². The fourth-order valence-electron chi connectivity index (χ4n) is 2.73. The summed E-state index contributed by atoms with van der Waals surface area (Å²) in [6, 6.07) is 14.4. The Morgan fingerprint density at radius 3 is 2.44 bits per heavy atom. The Balaban J connectivity index is 2.10. The molecule has 0 bridgehead atoms. The van der Waals surface area contributed by atoms with Crippen LogP contribution >= 0.6 is 0 Å². The Labute approximate surface area is 148 Å². The molecule has 2 aromatic carbocycles. The van der Waals surface area contributed by atoms with Gasteiger partial charge in [0.15, 0.2) is 0 Å². The molecule has 1 atom stereocenters. The van der Waals surface area contributed by atoms with Crippen molar-refractivity contribution < 1.29 is 15.0 Å². The van der Waals surface area contributed by atoms with Crippen LogP contribution in [0.3, 0.4) is 0 Å². The minimum atomic E-state index is -0.211.